The SMILES string of the molecule is CCC(C)(C)NC(=O)Cc1ccc(OCc2c(C)noc2C)cc1. The van der Waals surface area contributed by atoms with Crippen LogP contribution in [0.3, 0.4) is 0 Å². The first kappa shape index (κ1) is 18.0. The molecule has 2 rings (SSSR count). The van der Waals surface area contributed by atoms with E-state index in [9.17, 15) is 4.79 Å². The maximum absolute atomic E-state index is 12.1. The van der Waals surface area contributed by atoms with Gasteiger partial charge in [-0.05, 0) is 51.8 Å². The summed E-state index contributed by atoms with van der Waals surface area (Å²) < 4.78 is 10.9. The summed E-state index contributed by atoms with van der Waals surface area (Å²) in [4.78, 5) is 12.1. The normalized spacial score (nSPS) is 11.4. The zero-order valence-electron chi connectivity index (χ0n) is 15.1. The summed E-state index contributed by atoms with van der Waals surface area (Å²) in [5.41, 5.74) is 2.61. The number of nitrogens with one attached hydrogen (secondary N) is 1. The number of carbonyl (C=O) groups excluding carboxylic acids is 1. The lowest BCUT2D eigenvalue weighted by Gasteiger charge is -2.24. The number of aromatic nitrogens is 1. The molecule has 0 aliphatic rings. The van der Waals surface area contributed by atoms with E-state index >= 15 is 0 Å². The van der Waals surface area contributed by atoms with Crippen LogP contribution >= 0.6 is 0 Å². The van der Waals surface area contributed by atoms with Crippen molar-refractivity contribution in [1.29, 1.82) is 0 Å². The third-order valence-electron chi connectivity index (χ3n) is 4.21. The first-order valence-corrected chi connectivity index (χ1v) is 8.25. The van der Waals surface area contributed by atoms with E-state index in [0.29, 0.717) is 13.0 Å². The van der Waals surface area contributed by atoms with Gasteiger partial charge in [-0.25, -0.2) is 0 Å². The first-order valence-electron chi connectivity index (χ1n) is 8.25. The number of nitrogens with zero attached hydrogens (tertiary/aromatic N) is 1. The van der Waals surface area contributed by atoms with Crippen molar-refractivity contribution in [3.05, 3.63) is 46.8 Å². The number of rotatable bonds is 7. The van der Waals surface area contributed by atoms with E-state index in [2.05, 4.69) is 17.4 Å². The van der Waals surface area contributed by atoms with E-state index in [1.165, 1.54) is 0 Å². The van der Waals surface area contributed by atoms with Crippen LogP contribution in [0.4, 0.5) is 0 Å². The van der Waals surface area contributed by atoms with Crippen molar-refractivity contribution in [2.75, 3.05) is 0 Å². The van der Waals surface area contributed by atoms with Crippen molar-refractivity contribution in [2.45, 2.75) is 59.6 Å². The van der Waals surface area contributed by atoms with Gasteiger partial charge in [-0.15, -0.1) is 0 Å². The van der Waals surface area contributed by atoms with Gasteiger partial charge in [-0.2, -0.15) is 0 Å². The second kappa shape index (κ2) is 7.51. The molecule has 0 fully saturated rings. The van der Waals surface area contributed by atoms with Crippen LogP contribution in [-0.2, 0) is 17.8 Å². The smallest absolute Gasteiger partial charge is 0.224 e. The van der Waals surface area contributed by atoms with Crippen LogP contribution in [0.5, 0.6) is 5.75 Å². The lowest BCUT2D eigenvalue weighted by molar-refractivity contribution is -0.122. The average Bonchev–Trinajstić information content (AvgIpc) is 2.85. The Morgan fingerprint density at radius 2 is 1.92 bits per heavy atom. The second-order valence-electron chi connectivity index (χ2n) is 6.70. The Balaban J connectivity index is 1.90. The molecule has 1 aromatic carbocycles. The first-order chi connectivity index (χ1) is 11.3. The molecule has 1 amide bonds. The Hall–Kier alpha value is -2.30. The summed E-state index contributed by atoms with van der Waals surface area (Å²) in [5, 5.41) is 6.95. The summed E-state index contributed by atoms with van der Waals surface area (Å²) in [6.07, 6.45) is 1.26. The number of amides is 1. The molecule has 2 aromatic rings. The molecule has 0 saturated heterocycles. The zero-order valence-corrected chi connectivity index (χ0v) is 15.1. The molecule has 0 unspecified atom stereocenters. The van der Waals surface area contributed by atoms with Crippen LogP contribution < -0.4 is 10.1 Å². The van der Waals surface area contributed by atoms with Gasteiger partial charge in [-0.1, -0.05) is 24.2 Å². The van der Waals surface area contributed by atoms with Crippen molar-refractivity contribution in [3.63, 3.8) is 0 Å². The Labute approximate surface area is 143 Å². The van der Waals surface area contributed by atoms with Crippen LogP contribution in [-0.4, -0.2) is 16.6 Å². The molecule has 1 N–H and O–H groups in total. The van der Waals surface area contributed by atoms with Gasteiger partial charge in [0.15, 0.2) is 0 Å². The molecular weight excluding hydrogens is 304 g/mol. The molecule has 0 aliphatic heterocycles. The quantitative estimate of drug-likeness (QED) is 0.840. The monoisotopic (exact) mass is 330 g/mol. The predicted octanol–water partition coefficient (Wildman–Crippen LogP) is 3.72. The Morgan fingerprint density at radius 1 is 1.25 bits per heavy atom. The van der Waals surface area contributed by atoms with Gasteiger partial charge < -0.3 is 14.6 Å². The minimum absolute atomic E-state index is 0.0336. The predicted molar refractivity (Wildman–Crippen MR) is 93.0 cm³/mol. The number of hydrogen-bond donors (Lipinski definition) is 1. The molecule has 5 nitrogen and oxygen atoms in total. The zero-order chi connectivity index (χ0) is 17.7. The molecule has 130 valence electrons. The lowest BCUT2D eigenvalue weighted by Crippen LogP contribution is -2.43. The van der Waals surface area contributed by atoms with Crippen molar-refractivity contribution in [3.8, 4) is 5.75 Å². The van der Waals surface area contributed by atoms with Crippen LogP contribution in [0.15, 0.2) is 28.8 Å². The number of hydrogen-bond acceptors (Lipinski definition) is 4. The van der Waals surface area contributed by atoms with Crippen LogP contribution in [0, 0.1) is 13.8 Å². The molecule has 0 spiro atoms. The topological polar surface area (TPSA) is 64.4 Å². The fraction of sp³-hybridized carbons (Fsp3) is 0.474. The van der Waals surface area contributed by atoms with Crippen molar-refractivity contribution in [2.24, 2.45) is 0 Å². The van der Waals surface area contributed by atoms with Gasteiger partial charge in [0, 0.05) is 5.54 Å². The maximum atomic E-state index is 12.1. The number of ether oxygens (including phenoxy) is 1. The minimum atomic E-state index is -0.172. The minimum Gasteiger partial charge on any atom is -0.489 e. The van der Waals surface area contributed by atoms with Crippen LogP contribution in [0.25, 0.3) is 0 Å². The molecular formula is C19H26N2O3. The van der Waals surface area contributed by atoms with Crippen LogP contribution in [0.1, 0.15) is 49.8 Å². The van der Waals surface area contributed by atoms with Crippen LogP contribution in [0.2, 0.25) is 0 Å². The van der Waals surface area contributed by atoms with Gasteiger partial charge in [0.2, 0.25) is 5.91 Å². The van der Waals surface area contributed by atoms with Crippen molar-refractivity contribution in [1.82, 2.24) is 10.5 Å². The molecule has 1 aromatic heterocycles. The fourth-order valence-electron chi connectivity index (χ4n) is 2.26. The largest absolute Gasteiger partial charge is 0.489 e. The summed E-state index contributed by atoms with van der Waals surface area (Å²) in [6.45, 7) is 10.3. The Bertz CT molecular complexity index is 668. The third-order valence-corrected chi connectivity index (χ3v) is 4.21. The third kappa shape index (κ3) is 4.85. The highest BCUT2D eigenvalue weighted by Crippen LogP contribution is 2.18. The fourth-order valence-corrected chi connectivity index (χ4v) is 2.26. The second-order valence-corrected chi connectivity index (χ2v) is 6.70. The highest BCUT2D eigenvalue weighted by molar-refractivity contribution is 5.79. The van der Waals surface area contributed by atoms with E-state index in [1.54, 1.807) is 0 Å². The van der Waals surface area contributed by atoms with Gasteiger partial charge in [-0.3, -0.25) is 4.79 Å². The molecule has 24 heavy (non-hydrogen) atoms. The Kier molecular flexibility index (Phi) is 5.65. The van der Waals surface area contributed by atoms with Gasteiger partial charge in [0.1, 0.15) is 18.1 Å². The van der Waals surface area contributed by atoms with E-state index in [4.69, 9.17) is 9.26 Å². The lowest BCUT2D eigenvalue weighted by atomic mass is 10.0. The molecule has 0 bridgehead atoms. The highest BCUT2D eigenvalue weighted by Gasteiger charge is 2.17. The number of aryl methyl sites for hydroxylation is 2. The molecule has 0 saturated carbocycles. The van der Waals surface area contributed by atoms with Crippen molar-refractivity contribution >= 4 is 5.91 Å². The summed E-state index contributed by atoms with van der Waals surface area (Å²) in [6, 6.07) is 7.60. The van der Waals surface area contributed by atoms with Crippen molar-refractivity contribution < 1.29 is 14.1 Å². The van der Waals surface area contributed by atoms with Gasteiger partial charge in [0.25, 0.3) is 0 Å². The highest BCUT2D eigenvalue weighted by atomic mass is 16.5. The maximum Gasteiger partial charge on any atom is 0.224 e. The summed E-state index contributed by atoms with van der Waals surface area (Å²) >= 11 is 0. The molecule has 1 heterocycles. The van der Waals surface area contributed by atoms with E-state index in [0.717, 1.165) is 34.8 Å². The van der Waals surface area contributed by atoms with Gasteiger partial charge >= 0.3 is 0 Å². The van der Waals surface area contributed by atoms with Gasteiger partial charge in [0.05, 0.1) is 17.7 Å². The summed E-state index contributed by atoms with van der Waals surface area (Å²) in [5.74, 6) is 1.57. The molecule has 0 atom stereocenters. The summed E-state index contributed by atoms with van der Waals surface area (Å²) in [7, 11) is 0. The molecule has 5 heteroatoms. The van der Waals surface area contributed by atoms with E-state index in [1.807, 2.05) is 52.0 Å². The Morgan fingerprint density at radius 3 is 2.46 bits per heavy atom. The number of carbonyl (C=O) groups is 1. The standard InChI is InChI=1S/C19H26N2O3/c1-6-19(4,5)20-18(22)11-15-7-9-16(10-8-15)23-12-17-13(2)21-24-14(17)3/h7-10H,6,11-12H2,1-5H3,(H,20,22). The average molecular weight is 330 g/mol. The van der Waals surface area contributed by atoms with E-state index < -0.39 is 0 Å². The molecule has 0 radical (unpaired) electrons. The molecule has 0 aliphatic carbocycles. The number of benzene rings is 1. The van der Waals surface area contributed by atoms with E-state index in [-0.39, 0.29) is 11.4 Å².